The summed E-state index contributed by atoms with van der Waals surface area (Å²) >= 11 is 0. The number of halogens is 3. The summed E-state index contributed by atoms with van der Waals surface area (Å²) in [4.78, 5) is 14.9. The van der Waals surface area contributed by atoms with E-state index in [2.05, 4.69) is 4.90 Å². The molecule has 1 aliphatic rings. The van der Waals surface area contributed by atoms with Crippen LogP contribution in [0.4, 0.5) is 18.0 Å². The molecule has 4 nitrogen and oxygen atoms in total. The predicted molar refractivity (Wildman–Crippen MR) is 89.3 cm³/mol. The SMILES string of the molecule is CC(C)C(c1ccc(C(F)F)c(F)c1)N1C[C@H](C)N(C(=O)O)C[C@H]1C. The highest BCUT2D eigenvalue weighted by atomic mass is 19.3. The molecule has 0 spiro atoms. The third-order valence-electron chi connectivity index (χ3n) is 4.87. The van der Waals surface area contributed by atoms with Gasteiger partial charge in [0.25, 0.3) is 6.43 Å². The Bertz CT molecular complexity index is 624. The van der Waals surface area contributed by atoms with E-state index in [1.165, 1.54) is 11.0 Å². The fourth-order valence-electron chi connectivity index (χ4n) is 3.67. The van der Waals surface area contributed by atoms with Crippen molar-refractivity contribution < 1.29 is 23.1 Å². The van der Waals surface area contributed by atoms with Crippen molar-refractivity contribution in [2.45, 2.75) is 52.2 Å². The fourth-order valence-corrected chi connectivity index (χ4v) is 3.67. The van der Waals surface area contributed by atoms with Crippen LogP contribution in [0.5, 0.6) is 0 Å². The van der Waals surface area contributed by atoms with Crippen molar-refractivity contribution >= 4 is 6.09 Å². The Morgan fingerprint density at radius 2 is 1.84 bits per heavy atom. The number of nitrogens with zero attached hydrogens (tertiary/aromatic N) is 2. The first-order valence-corrected chi connectivity index (χ1v) is 8.46. The average molecular weight is 358 g/mol. The number of carboxylic acid groups (broad SMARTS) is 1. The van der Waals surface area contributed by atoms with Gasteiger partial charge in [-0.15, -0.1) is 0 Å². The second-order valence-electron chi connectivity index (χ2n) is 7.10. The summed E-state index contributed by atoms with van der Waals surface area (Å²) in [6, 6.07) is 3.46. The molecule has 3 atom stereocenters. The van der Waals surface area contributed by atoms with E-state index in [4.69, 9.17) is 0 Å². The van der Waals surface area contributed by atoms with Crippen LogP contribution in [0.25, 0.3) is 0 Å². The van der Waals surface area contributed by atoms with Gasteiger partial charge >= 0.3 is 6.09 Å². The largest absolute Gasteiger partial charge is 0.465 e. The average Bonchev–Trinajstić information content (AvgIpc) is 2.49. The van der Waals surface area contributed by atoms with E-state index in [-0.39, 0.29) is 24.0 Å². The van der Waals surface area contributed by atoms with Crippen molar-refractivity contribution in [1.82, 2.24) is 9.80 Å². The number of benzene rings is 1. The Morgan fingerprint density at radius 3 is 2.32 bits per heavy atom. The zero-order chi connectivity index (χ0) is 18.9. The molecule has 1 heterocycles. The van der Waals surface area contributed by atoms with Crippen LogP contribution >= 0.6 is 0 Å². The third-order valence-corrected chi connectivity index (χ3v) is 4.87. The van der Waals surface area contributed by atoms with E-state index in [1.807, 2.05) is 27.7 Å². The minimum Gasteiger partial charge on any atom is -0.465 e. The quantitative estimate of drug-likeness (QED) is 0.860. The summed E-state index contributed by atoms with van der Waals surface area (Å²) < 4.78 is 39.6. The predicted octanol–water partition coefficient (Wildman–Crippen LogP) is 4.53. The lowest BCUT2D eigenvalue weighted by Gasteiger charge is -2.47. The molecular weight excluding hydrogens is 333 g/mol. The molecule has 25 heavy (non-hydrogen) atoms. The molecule has 1 N–H and O–H groups in total. The smallest absolute Gasteiger partial charge is 0.407 e. The normalized spacial score (nSPS) is 23.3. The van der Waals surface area contributed by atoms with Crippen molar-refractivity contribution in [3.63, 3.8) is 0 Å². The molecule has 0 bridgehead atoms. The van der Waals surface area contributed by atoms with Crippen LogP contribution in [0.2, 0.25) is 0 Å². The zero-order valence-electron chi connectivity index (χ0n) is 14.9. The minimum atomic E-state index is -2.84. The maximum atomic E-state index is 14.0. The van der Waals surface area contributed by atoms with Crippen molar-refractivity contribution in [3.8, 4) is 0 Å². The molecule has 140 valence electrons. The van der Waals surface area contributed by atoms with E-state index in [1.54, 1.807) is 6.07 Å². The van der Waals surface area contributed by atoms with Crippen LogP contribution in [0.15, 0.2) is 18.2 Å². The highest BCUT2D eigenvalue weighted by molar-refractivity contribution is 5.65. The lowest BCUT2D eigenvalue weighted by atomic mass is 9.90. The molecular formula is C18H25F3N2O2. The Balaban J connectivity index is 2.32. The molecule has 1 aliphatic heterocycles. The summed E-state index contributed by atoms with van der Waals surface area (Å²) in [6.45, 7) is 8.62. The van der Waals surface area contributed by atoms with Crippen LogP contribution < -0.4 is 0 Å². The van der Waals surface area contributed by atoms with Crippen LogP contribution in [-0.4, -0.2) is 46.2 Å². The van der Waals surface area contributed by atoms with Gasteiger partial charge in [0.05, 0.1) is 5.56 Å². The lowest BCUT2D eigenvalue weighted by molar-refractivity contribution is 0.00653. The molecule has 1 aromatic rings. The van der Waals surface area contributed by atoms with Gasteiger partial charge in [-0.1, -0.05) is 26.0 Å². The molecule has 1 aromatic carbocycles. The van der Waals surface area contributed by atoms with Crippen molar-refractivity contribution in [1.29, 1.82) is 0 Å². The van der Waals surface area contributed by atoms with Gasteiger partial charge in [-0.3, -0.25) is 4.90 Å². The number of piperazine rings is 1. The van der Waals surface area contributed by atoms with Crippen LogP contribution in [0.1, 0.15) is 51.3 Å². The Hall–Kier alpha value is -1.76. The summed E-state index contributed by atoms with van der Waals surface area (Å²) in [5.74, 6) is -0.786. The van der Waals surface area contributed by atoms with Gasteiger partial charge in [0.2, 0.25) is 0 Å². The van der Waals surface area contributed by atoms with Gasteiger partial charge < -0.3 is 10.0 Å². The molecule has 1 unspecified atom stereocenters. The van der Waals surface area contributed by atoms with E-state index in [0.29, 0.717) is 18.7 Å². The van der Waals surface area contributed by atoms with Gasteiger partial charge in [-0.05, 0) is 31.4 Å². The second kappa shape index (κ2) is 7.64. The molecule has 0 aromatic heterocycles. The Kier molecular flexibility index (Phi) is 5.98. The Morgan fingerprint density at radius 1 is 1.20 bits per heavy atom. The monoisotopic (exact) mass is 358 g/mol. The first kappa shape index (κ1) is 19.6. The molecule has 0 radical (unpaired) electrons. The van der Waals surface area contributed by atoms with Gasteiger partial charge in [-0.2, -0.15) is 0 Å². The summed E-state index contributed by atoms with van der Waals surface area (Å²) in [5.41, 5.74) is 0.0445. The van der Waals surface area contributed by atoms with Crippen LogP contribution in [-0.2, 0) is 0 Å². The molecule has 1 saturated heterocycles. The van der Waals surface area contributed by atoms with E-state index < -0.39 is 23.9 Å². The zero-order valence-corrected chi connectivity index (χ0v) is 14.9. The molecule has 0 saturated carbocycles. The highest BCUT2D eigenvalue weighted by Gasteiger charge is 2.37. The molecule has 2 rings (SSSR count). The standard InChI is InChI=1S/C18H25F3N2O2/c1-10(2)16(13-5-6-14(17(20)21)15(19)7-13)22-8-12(4)23(18(24)25)9-11(22)3/h5-7,10-12,16-17H,8-9H2,1-4H3,(H,24,25)/t11-,12+,16?/m1/s1. The first-order chi connectivity index (χ1) is 11.6. The van der Waals surface area contributed by atoms with Gasteiger partial charge in [0.15, 0.2) is 0 Å². The maximum Gasteiger partial charge on any atom is 0.407 e. The number of carbonyl (C=O) groups is 1. The van der Waals surface area contributed by atoms with Crippen molar-refractivity contribution in [2.24, 2.45) is 5.92 Å². The first-order valence-electron chi connectivity index (χ1n) is 8.46. The minimum absolute atomic E-state index is 0.0578. The van der Waals surface area contributed by atoms with Crippen LogP contribution in [0.3, 0.4) is 0 Å². The van der Waals surface area contributed by atoms with E-state index >= 15 is 0 Å². The number of rotatable bonds is 4. The number of hydrogen-bond donors (Lipinski definition) is 1. The van der Waals surface area contributed by atoms with E-state index in [9.17, 15) is 23.1 Å². The summed E-state index contributed by atoms with van der Waals surface area (Å²) in [7, 11) is 0. The second-order valence-corrected chi connectivity index (χ2v) is 7.10. The number of hydrogen-bond acceptors (Lipinski definition) is 2. The fraction of sp³-hybridized carbons (Fsp3) is 0.611. The molecule has 1 fully saturated rings. The van der Waals surface area contributed by atoms with Crippen molar-refractivity contribution in [2.75, 3.05) is 13.1 Å². The van der Waals surface area contributed by atoms with E-state index in [0.717, 1.165) is 6.07 Å². The molecule has 1 amide bonds. The number of alkyl halides is 2. The van der Waals surface area contributed by atoms with Gasteiger partial charge in [-0.25, -0.2) is 18.0 Å². The maximum absolute atomic E-state index is 14.0. The van der Waals surface area contributed by atoms with Crippen LogP contribution in [0, 0.1) is 11.7 Å². The Labute approximate surface area is 146 Å². The number of amides is 1. The third kappa shape index (κ3) is 4.08. The topological polar surface area (TPSA) is 43.8 Å². The molecule has 7 heteroatoms. The highest BCUT2D eigenvalue weighted by Crippen LogP contribution is 2.35. The van der Waals surface area contributed by atoms with Crippen molar-refractivity contribution in [3.05, 3.63) is 35.1 Å². The van der Waals surface area contributed by atoms with Gasteiger partial charge in [0, 0.05) is 31.2 Å². The lowest BCUT2D eigenvalue weighted by Crippen LogP contribution is -2.59. The summed E-state index contributed by atoms with van der Waals surface area (Å²) in [5, 5.41) is 9.28. The summed E-state index contributed by atoms with van der Waals surface area (Å²) in [6.07, 6.45) is -3.79. The van der Waals surface area contributed by atoms with Gasteiger partial charge in [0.1, 0.15) is 5.82 Å². The molecule has 0 aliphatic carbocycles.